The van der Waals surface area contributed by atoms with Gasteiger partial charge in [-0.1, -0.05) is 23.7 Å². The van der Waals surface area contributed by atoms with Gasteiger partial charge < -0.3 is 10.8 Å². The number of aryl methyl sites for hydroxylation is 1. The molecule has 0 bridgehead atoms. The lowest BCUT2D eigenvalue weighted by atomic mass is 10.0. The Hall–Kier alpha value is -2.14. The van der Waals surface area contributed by atoms with Gasteiger partial charge in [0.2, 0.25) is 0 Å². The van der Waals surface area contributed by atoms with Crippen LogP contribution in [0.25, 0.3) is 11.1 Å². The summed E-state index contributed by atoms with van der Waals surface area (Å²) in [5.41, 5.74) is 6.38. The van der Waals surface area contributed by atoms with Gasteiger partial charge >= 0.3 is 5.97 Å². The van der Waals surface area contributed by atoms with Gasteiger partial charge in [0.1, 0.15) is 11.0 Å². The fraction of sp³-hybridized carbons (Fsp3) is 0.0769. The summed E-state index contributed by atoms with van der Waals surface area (Å²) in [7, 11) is 0. The van der Waals surface area contributed by atoms with Crippen molar-refractivity contribution in [1.29, 1.82) is 0 Å². The van der Waals surface area contributed by atoms with Gasteiger partial charge in [-0.05, 0) is 24.6 Å². The molecule has 1 aromatic heterocycles. The van der Waals surface area contributed by atoms with Crippen LogP contribution in [0.2, 0.25) is 5.15 Å². The minimum atomic E-state index is -1.31. The number of carbonyl (C=O) groups is 1. The molecule has 0 radical (unpaired) electrons. The second-order valence-corrected chi connectivity index (χ2v) is 4.43. The number of aromatic carboxylic acids is 1. The molecular formula is C13H10ClFN2O2. The minimum absolute atomic E-state index is 0.0541. The number of nitrogens with zero attached hydrogens (tertiary/aromatic N) is 1. The second-order valence-electron chi connectivity index (χ2n) is 4.04. The van der Waals surface area contributed by atoms with Gasteiger partial charge in [-0.3, -0.25) is 0 Å². The third-order valence-electron chi connectivity index (χ3n) is 2.64. The lowest BCUT2D eigenvalue weighted by Crippen LogP contribution is -2.07. The zero-order valence-electron chi connectivity index (χ0n) is 9.95. The lowest BCUT2D eigenvalue weighted by molar-refractivity contribution is 0.0692. The maximum Gasteiger partial charge on any atom is 0.356 e. The monoisotopic (exact) mass is 280 g/mol. The van der Waals surface area contributed by atoms with E-state index in [9.17, 15) is 9.18 Å². The molecule has 0 atom stereocenters. The van der Waals surface area contributed by atoms with Crippen LogP contribution in [0.4, 0.5) is 10.1 Å². The van der Waals surface area contributed by atoms with Crippen molar-refractivity contribution in [3.8, 4) is 11.1 Å². The van der Waals surface area contributed by atoms with Crippen LogP contribution in [0.5, 0.6) is 0 Å². The summed E-state index contributed by atoms with van der Waals surface area (Å²) in [6.45, 7) is 1.75. The van der Waals surface area contributed by atoms with E-state index in [0.29, 0.717) is 0 Å². The number of anilines is 1. The lowest BCUT2D eigenvalue weighted by Gasteiger charge is -2.10. The number of carboxylic acid groups (broad SMARTS) is 1. The van der Waals surface area contributed by atoms with E-state index in [1.165, 1.54) is 18.2 Å². The van der Waals surface area contributed by atoms with E-state index in [1.807, 2.05) is 0 Å². The molecule has 0 saturated heterocycles. The summed E-state index contributed by atoms with van der Waals surface area (Å²) in [6, 6.07) is 5.91. The Bertz CT molecular complexity index is 674. The van der Waals surface area contributed by atoms with Crippen molar-refractivity contribution >= 4 is 23.3 Å². The third-order valence-corrected chi connectivity index (χ3v) is 2.84. The van der Waals surface area contributed by atoms with Crippen molar-refractivity contribution in [3.63, 3.8) is 0 Å². The van der Waals surface area contributed by atoms with Crippen molar-refractivity contribution in [2.24, 2.45) is 0 Å². The Balaban J connectivity index is 2.72. The minimum Gasteiger partial charge on any atom is -0.476 e. The van der Waals surface area contributed by atoms with Crippen LogP contribution < -0.4 is 5.73 Å². The highest BCUT2D eigenvalue weighted by molar-refractivity contribution is 6.30. The molecule has 0 saturated carbocycles. The van der Waals surface area contributed by atoms with Crippen LogP contribution in [-0.2, 0) is 0 Å². The average molecular weight is 281 g/mol. The van der Waals surface area contributed by atoms with E-state index < -0.39 is 11.8 Å². The topological polar surface area (TPSA) is 76.2 Å². The smallest absolute Gasteiger partial charge is 0.356 e. The molecule has 1 aromatic carbocycles. The second kappa shape index (κ2) is 4.85. The van der Waals surface area contributed by atoms with Crippen molar-refractivity contribution < 1.29 is 14.3 Å². The Morgan fingerprint density at radius 2 is 2.05 bits per heavy atom. The molecule has 1 heterocycles. The first-order chi connectivity index (χ1) is 8.90. The van der Waals surface area contributed by atoms with Crippen molar-refractivity contribution in [2.45, 2.75) is 6.92 Å². The molecule has 2 aromatic rings. The number of nitrogens with two attached hydrogens (primary N) is 1. The van der Waals surface area contributed by atoms with Crippen LogP contribution in [-0.4, -0.2) is 16.1 Å². The van der Waals surface area contributed by atoms with E-state index in [0.717, 1.165) is 5.56 Å². The highest BCUT2D eigenvalue weighted by Crippen LogP contribution is 2.32. The highest BCUT2D eigenvalue weighted by atomic mass is 35.5. The number of pyridine rings is 1. The number of hydrogen-bond donors (Lipinski definition) is 2. The maximum atomic E-state index is 13.9. The molecule has 3 N–H and O–H groups in total. The van der Waals surface area contributed by atoms with E-state index in [4.69, 9.17) is 22.4 Å². The van der Waals surface area contributed by atoms with E-state index in [1.54, 1.807) is 13.0 Å². The first-order valence-corrected chi connectivity index (χ1v) is 5.73. The van der Waals surface area contributed by atoms with Crippen LogP contribution in [0.15, 0.2) is 24.3 Å². The van der Waals surface area contributed by atoms with E-state index in [2.05, 4.69) is 4.98 Å². The molecule has 0 spiro atoms. The predicted octanol–water partition coefficient (Wildman–Crippen LogP) is 3.13. The summed E-state index contributed by atoms with van der Waals surface area (Å²) in [5, 5.41) is 8.93. The third kappa shape index (κ3) is 2.51. The maximum absolute atomic E-state index is 13.9. The summed E-state index contributed by atoms with van der Waals surface area (Å²) < 4.78 is 13.9. The number of rotatable bonds is 2. The number of aromatic nitrogens is 1. The first-order valence-electron chi connectivity index (χ1n) is 5.36. The standard InChI is InChI=1S/C13H10ClFN2O2/c1-6-2-3-7(9(15)4-6)8-5-10(14)17-12(11(8)16)13(18)19/h2-5H,16H2,1H3,(H,18,19). The Morgan fingerprint density at radius 3 is 2.63 bits per heavy atom. The summed E-state index contributed by atoms with van der Waals surface area (Å²) in [4.78, 5) is 14.6. The molecule has 0 amide bonds. The van der Waals surface area contributed by atoms with Gasteiger partial charge in [-0.2, -0.15) is 0 Å². The number of nitrogen functional groups attached to an aromatic ring is 1. The number of benzene rings is 1. The molecule has 0 unspecified atom stereocenters. The zero-order chi connectivity index (χ0) is 14.2. The molecule has 19 heavy (non-hydrogen) atoms. The van der Waals surface area contributed by atoms with Gasteiger partial charge in [-0.15, -0.1) is 0 Å². The Labute approximate surface area is 113 Å². The van der Waals surface area contributed by atoms with Crippen molar-refractivity contribution in [2.75, 3.05) is 5.73 Å². The van der Waals surface area contributed by atoms with E-state index in [-0.39, 0.29) is 27.7 Å². The van der Waals surface area contributed by atoms with Crippen LogP contribution in [0.3, 0.4) is 0 Å². The van der Waals surface area contributed by atoms with Gasteiger partial charge in [-0.25, -0.2) is 14.2 Å². The fourth-order valence-corrected chi connectivity index (χ4v) is 1.94. The summed E-state index contributed by atoms with van der Waals surface area (Å²) in [5.74, 6) is -1.81. The van der Waals surface area contributed by atoms with Crippen LogP contribution in [0.1, 0.15) is 16.1 Å². The largest absolute Gasteiger partial charge is 0.476 e. The fourth-order valence-electron chi connectivity index (χ4n) is 1.75. The van der Waals surface area contributed by atoms with Crippen LogP contribution >= 0.6 is 11.6 Å². The normalized spacial score (nSPS) is 10.5. The predicted molar refractivity (Wildman–Crippen MR) is 70.7 cm³/mol. The number of hydrogen-bond acceptors (Lipinski definition) is 3. The molecule has 2 rings (SSSR count). The number of halogens is 2. The van der Waals surface area contributed by atoms with Gasteiger partial charge in [0.25, 0.3) is 0 Å². The molecular weight excluding hydrogens is 271 g/mol. The van der Waals surface area contributed by atoms with Crippen LogP contribution in [0, 0.1) is 12.7 Å². The molecule has 0 fully saturated rings. The Kier molecular flexibility index (Phi) is 3.40. The van der Waals surface area contributed by atoms with Gasteiger partial charge in [0, 0.05) is 11.1 Å². The highest BCUT2D eigenvalue weighted by Gasteiger charge is 2.18. The molecule has 0 aliphatic rings. The summed E-state index contributed by atoms with van der Waals surface area (Å²) in [6.07, 6.45) is 0. The van der Waals surface area contributed by atoms with Crippen molar-refractivity contribution in [3.05, 3.63) is 46.5 Å². The summed E-state index contributed by atoms with van der Waals surface area (Å²) >= 11 is 5.75. The molecule has 4 nitrogen and oxygen atoms in total. The first kappa shape index (κ1) is 13.3. The SMILES string of the molecule is Cc1ccc(-c2cc(Cl)nc(C(=O)O)c2N)c(F)c1. The zero-order valence-corrected chi connectivity index (χ0v) is 10.7. The van der Waals surface area contributed by atoms with E-state index >= 15 is 0 Å². The molecule has 6 heteroatoms. The molecule has 98 valence electrons. The molecule has 0 aliphatic heterocycles. The Morgan fingerprint density at radius 1 is 1.37 bits per heavy atom. The average Bonchev–Trinajstić information content (AvgIpc) is 2.32. The van der Waals surface area contributed by atoms with Gasteiger partial charge in [0.15, 0.2) is 5.69 Å². The van der Waals surface area contributed by atoms with Gasteiger partial charge in [0.05, 0.1) is 5.69 Å². The van der Waals surface area contributed by atoms with Crippen molar-refractivity contribution in [1.82, 2.24) is 4.98 Å². The number of carboxylic acids is 1. The molecule has 0 aliphatic carbocycles. The quantitative estimate of drug-likeness (QED) is 0.829.